The van der Waals surface area contributed by atoms with Gasteiger partial charge in [0, 0.05) is 18.6 Å². The van der Waals surface area contributed by atoms with Crippen LogP contribution in [0, 0.1) is 5.92 Å². The smallest absolute Gasteiger partial charge is 0.237 e. The van der Waals surface area contributed by atoms with Crippen molar-refractivity contribution in [2.24, 2.45) is 5.92 Å². The summed E-state index contributed by atoms with van der Waals surface area (Å²) in [5, 5.41) is 6.39. The van der Waals surface area contributed by atoms with Crippen molar-refractivity contribution in [1.29, 1.82) is 0 Å². The third-order valence-corrected chi connectivity index (χ3v) is 4.59. The van der Waals surface area contributed by atoms with Crippen LogP contribution in [0.3, 0.4) is 0 Å². The molecule has 1 amide bonds. The van der Waals surface area contributed by atoms with Gasteiger partial charge in [-0.15, -0.1) is 12.4 Å². The molecule has 20 heavy (non-hydrogen) atoms. The predicted octanol–water partition coefficient (Wildman–Crippen LogP) is 1.79. The van der Waals surface area contributed by atoms with Crippen molar-refractivity contribution in [3.63, 3.8) is 0 Å². The fourth-order valence-corrected chi connectivity index (χ4v) is 3.19. The Bertz CT molecular complexity index is 316. The minimum absolute atomic E-state index is 0. The molecule has 0 bridgehead atoms. The van der Waals surface area contributed by atoms with Gasteiger partial charge in [0.1, 0.15) is 0 Å². The second-order valence-electron chi connectivity index (χ2n) is 6.87. The summed E-state index contributed by atoms with van der Waals surface area (Å²) < 4.78 is 0. The molecule has 0 radical (unpaired) electrons. The number of likely N-dealkylation sites (tertiary alicyclic amines) is 1. The van der Waals surface area contributed by atoms with Crippen molar-refractivity contribution in [3.8, 4) is 0 Å². The zero-order valence-corrected chi connectivity index (χ0v) is 13.9. The van der Waals surface area contributed by atoms with Gasteiger partial charge < -0.3 is 10.6 Å². The van der Waals surface area contributed by atoms with Crippen LogP contribution in [0.2, 0.25) is 0 Å². The first-order valence-corrected chi connectivity index (χ1v) is 7.75. The molecule has 0 aromatic rings. The van der Waals surface area contributed by atoms with Gasteiger partial charge in [-0.05, 0) is 58.5 Å². The van der Waals surface area contributed by atoms with Crippen molar-refractivity contribution in [3.05, 3.63) is 0 Å². The van der Waals surface area contributed by atoms with Crippen LogP contribution in [0.5, 0.6) is 0 Å². The summed E-state index contributed by atoms with van der Waals surface area (Å²) in [6.45, 7) is 10.9. The molecule has 0 saturated carbocycles. The van der Waals surface area contributed by atoms with Crippen LogP contribution in [0.4, 0.5) is 0 Å². The van der Waals surface area contributed by atoms with Crippen LogP contribution in [0.25, 0.3) is 0 Å². The Hall–Kier alpha value is -0.320. The van der Waals surface area contributed by atoms with Crippen molar-refractivity contribution < 1.29 is 4.79 Å². The molecule has 0 aromatic heterocycles. The molecule has 2 heterocycles. The summed E-state index contributed by atoms with van der Waals surface area (Å²) in [5.74, 6) is 0.954. The minimum Gasteiger partial charge on any atom is -0.353 e. The molecule has 118 valence electrons. The molecule has 2 saturated heterocycles. The first kappa shape index (κ1) is 17.7. The second kappa shape index (κ2) is 7.62. The fourth-order valence-electron chi connectivity index (χ4n) is 3.19. The maximum Gasteiger partial charge on any atom is 0.237 e. The van der Waals surface area contributed by atoms with Crippen LogP contribution >= 0.6 is 12.4 Å². The quantitative estimate of drug-likeness (QED) is 0.832. The lowest BCUT2D eigenvalue weighted by atomic mass is 9.93. The number of piperidine rings is 1. The third kappa shape index (κ3) is 4.61. The molecule has 5 heteroatoms. The molecule has 2 N–H and O–H groups in total. The Labute approximate surface area is 129 Å². The lowest BCUT2D eigenvalue weighted by molar-refractivity contribution is -0.123. The monoisotopic (exact) mass is 303 g/mol. The summed E-state index contributed by atoms with van der Waals surface area (Å²) in [7, 11) is 0. The van der Waals surface area contributed by atoms with E-state index in [0.717, 1.165) is 44.9 Å². The van der Waals surface area contributed by atoms with Gasteiger partial charge in [-0.25, -0.2) is 0 Å². The van der Waals surface area contributed by atoms with Gasteiger partial charge in [0.25, 0.3) is 0 Å². The highest BCUT2D eigenvalue weighted by Crippen LogP contribution is 2.23. The standard InChI is InChI=1S/C15H29N3O.ClH/c1-12-6-5-9-18(10-12)15(2,3)11-17-14(19)13-7-4-8-16-13;/h12-13,16H,4-11H2,1-3H3,(H,17,19);1H/t12?,13-;/m0./s1. The van der Waals surface area contributed by atoms with Crippen molar-refractivity contribution in [2.45, 2.75) is 58.0 Å². The molecule has 0 aliphatic carbocycles. The van der Waals surface area contributed by atoms with Crippen LogP contribution in [0.15, 0.2) is 0 Å². The first-order valence-electron chi connectivity index (χ1n) is 7.75. The molecule has 2 aliphatic heterocycles. The van der Waals surface area contributed by atoms with E-state index < -0.39 is 0 Å². The molecule has 2 atom stereocenters. The summed E-state index contributed by atoms with van der Waals surface area (Å²) in [6, 6.07) is 0.0380. The van der Waals surface area contributed by atoms with E-state index in [1.807, 2.05) is 0 Å². The van der Waals surface area contributed by atoms with E-state index in [2.05, 4.69) is 36.3 Å². The number of hydrogen-bond donors (Lipinski definition) is 2. The fraction of sp³-hybridized carbons (Fsp3) is 0.933. The van der Waals surface area contributed by atoms with E-state index in [0.29, 0.717) is 0 Å². The molecule has 0 spiro atoms. The SMILES string of the molecule is CC1CCCN(C(C)(C)CNC(=O)[C@@H]2CCCN2)C1.Cl. The predicted molar refractivity (Wildman–Crippen MR) is 85.3 cm³/mol. The van der Waals surface area contributed by atoms with Gasteiger partial charge in [-0.3, -0.25) is 9.69 Å². The zero-order valence-electron chi connectivity index (χ0n) is 13.1. The number of nitrogens with zero attached hydrogens (tertiary/aromatic N) is 1. The highest BCUT2D eigenvalue weighted by atomic mass is 35.5. The largest absolute Gasteiger partial charge is 0.353 e. The Morgan fingerprint density at radius 1 is 1.35 bits per heavy atom. The van der Waals surface area contributed by atoms with E-state index in [-0.39, 0.29) is 29.9 Å². The first-order chi connectivity index (χ1) is 8.99. The maximum atomic E-state index is 12.0. The van der Waals surface area contributed by atoms with Crippen LogP contribution in [0.1, 0.15) is 46.5 Å². The Kier molecular flexibility index (Phi) is 6.76. The Morgan fingerprint density at radius 3 is 2.70 bits per heavy atom. The number of carbonyl (C=O) groups excluding carboxylic acids is 1. The molecule has 2 fully saturated rings. The number of carbonyl (C=O) groups is 1. The lowest BCUT2D eigenvalue weighted by Gasteiger charge is -2.43. The molecule has 0 aromatic carbocycles. The van der Waals surface area contributed by atoms with Crippen molar-refractivity contribution >= 4 is 18.3 Å². The van der Waals surface area contributed by atoms with E-state index >= 15 is 0 Å². The molecule has 4 nitrogen and oxygen atoms in total. The zero-order chi connectivity index (χ0) is 13.9. The third-order valence-electron chi connectivity index (χ3n) is 4.59. The van der Waals surface area contributed by atoms with Crippen LogP contribution in [-0.4, -0.2) is 48.6 Å². The normalized spacial score (nSPS) is 27.9. The van der Waals surface area contributed by atoms with E-state index in [1.54, 1.807) is 0 Å². The van der Waals surface area contributed by atoms with Crippen LogP contribution in [-0.2, 0) is 4.79 Å². The summed E-state index contributed by atoms with van der Waals surface area (Å²) in [5.41, 5.74) is 0.0585. The van der Waals surface area contributed by atoms with Gasteiger partial charge in [0.15, 0.2) is 0 Å². The molecule has 1 unspecified atom stereocenters. The highest BCUT2D eigenvalue weighted by Gasteiger charge is 2.31. The van der Waals surface area contributed by atoms with E-state index in [9.17, 15) is 4.79 Å². The molecular formula is C15H30ClN3O. The molecule has 2 rings (SSSR count). The average Bonchev–Trinajstić information content (AvgIpc) is 2.90. The number of halogens is 1. The summed E-state index contributed by atoms with van der Waals surface area (Å²) in [6.07, 6.45) is 4.71. The Morgan fingerprint density at radius 2 is 2.10 bits per heavy atom. The molecule has 2 aliphatic rings. The van der Waals surface area contributed by atoms with Crippen molar-refractivity contribution in [1.82, 2.24) is 15.5 Å². The van der Waals surface area contributed by atoms with E-state index in [4.69, 9.17) is 0 Å². The number of hydrogen-bond acceptors (Lipinski definition) is 3. The van der Waals surface area contributed by atoms with Gasteiger partial charge in [-0.2, -0.15) is 0 Å². The van der Waals surface area contributed by atoms with E-state index in [1.165, 1.54) is 12.8 Å². The second-order valence-corrected chi connectivity index (χ2v) is 6.87. The van der Waals surface area contributed by atoms with Crippen LogP contribution < -0.4 is 10.6 Å². The van der Waals surface area contributed by atoms with Gasteiger partial charge >= 0.3 is 0 Å². The van der Waals surface area contributed by atoms with Crippen molar-refractivity contribution in [2.75, 3.05) is 26.2 Å². The minimum atomic E-state index is 0. The topological polar surface area (TPSA) is 44.4 Å². The summed E-state index contributed by atoms with van der Waals surface area (Å²) in [4.78, 5) is 14.6. The van der Waals surface area contributed by atoms with Gasteiger partial charge in [0.05, 0.1) is 6.04 Å². The number of nitrogens with one attached hydrogen (secondary N) is 2. The summed E-state index contributed by atoms with van der Waals surface area (Å²) >= 11 is 0. The molecular weight excluding hydrogens is 274 g/mol. The van der Waals surface area contributed by atoms with Gasteiger partial charge in [-0.1, -0.05) is 6.92 Å². The lowest BCUT2D eigenvalue weighted by Crippen LogP contribution is -2.56. The maximum absolute atomic E-state index is 12.0. The van der Waals surface area contributed by atoms with Gasteiger partial charge in [0.2, 0.25) is 5.91 Å². The number of amides is 1. The highest BCUT2D eigenvalue weighted by molar-refractivity contribution is 5.85. The average molecular weight is 304 g/mol. The Balaban J connectivity index is 0.00000200. The number of rotatable bonds is 4.